The van der Waals surface area contributed by atoms with Crippen LogP contribution < -0.4 is 5.73 Å². The van der Waals surface area contributed by atoms with Crippen molar-refractivity contribution < 1.29 is 19.3 Å². The molecular formula is C21H25N5O4. The van der Waals surface area contributed by atoms with Crippen molar-refractivity contribution in [3.8, 4) is 0 Å². The van der Waals surface area contributed by atoms with Gasteiger partial charge >= 0.3 is 0 Å². The number of aryl methyl sites for hydroxylation is 1. The van der Waals surface area contributed by atoms with E-state index in [2.05, 4.69) is 33.2 Å². The maximum atomic E-state index is 10.8. The number of hydrogen-bond donors (Lipinski definition) is 2. The Balaban J connectivity index is 1.35. The summed E-state index contributed by atoms with van der Waals surface area (Å²) >= 11 is 0. The molecule has 3 heterocycles. The molecule has 3 aromatic rings. The normalized spacial score (nSPS) is 28.7. The van der Waals surface area contributed by atoms with E-state index in [4.69, 9.17) is 19.9 Å². The predicted octanol–water partition coefficient (Wildman–Crippen LogP) is 1.78. The summed E-state index contributed by atoms with van der Waals surface area (Å²) < 4.78 is 19.7. The number of aromatic nitrogens is 4. The minimum Gasteiger partial charge on any atom is -0.387 e. The zero-order valence-electron chi connectivity index (χ0n) is 16.7. The zero-order chi connectivity index (χ0) is 20.7. The Kier molecular flexibility index (Phi) is 5.11. The van der Waals surface area contributed by atoms with E-state index in [0.717, 1.165) is 19.3 Å². The third-order valence-corrected chi connectivity index (χ3v) is 6.02. The Labute approximate surface area is 173 Å². The van der Waals surface area contributed by atoms with Crippen LogP contribution in [0.5, 0.6) is 0 Å². The maximum absolute atomic E-state index is 10.8. The Hall–Kier alpha value is -2.59. The Bertz CT molecular complexity index is 1040. The van der Waals surface area contributed by atoms with Gasteiger partial charge in [0.1, 0.15) is 30.2 Å². The molecule has 1 fully saturated rings. The summed E-state index contributed by atoms with van der Waals surface area (Å²) in [5, 5.41) is 10.8. The lowest BCUT2D eigenvalue weighted by atomic mass is 9.89. The average molecular weight is 411 g/mol. The number of imidazole rings is 1. The van der Waals surface area contributed by atoms with Gasteiger partial charge in [0, 0.05) is 7.11 Å². The van der Waals surface area contributed by atoms with Crippen LogP contribution in [-0.4, -0.2) is 56.7 Å². The SMILES string of the molecule is CO[C@@H]1[C@H](O)[C@@H](COC2CCCc3ccccc32)O[C@H]1n1cnc2c(N)ncnc21. The van der Waals surface area contributed by atoms with Gasteiger partial charge in [0.25, 0.3) is 0 Å². The summed E-state index contributed by atoms with van der Waals surface area (Å²) in [5.41, 5.74) is 9.47. The van der Waals surface area contributed by atoms with Gasteiger partial charge in [-0.2, -0.15) is 0 Å². The highest BCUT2D eigenvalue weighted by atomic mass is 16.6. The van der Waals surface area contributed by atoms with E-state index in [1.54, 1.807) is 18.0 Å². The summed E-state index contributed by atoms with van der Waals surface area (Å²) in [6.45, 7) is 0.264. The molecule has 3 N–H and O–H groups in total. The number of nitrogen functional groups attached to an aromatic ring is 1. The van der Waals surface area contributed by atoms with E-state index in [9.17, 15) is 5.11 Å². The fourth-order valence-corrected chi connectivity index (χ4v) is 4.48. The van der Waals surface area contributed by atoms with Gasteiger partial charge in [-0.05, 0) is 30.4 Å². The highest BCUT2D eigenvalue weighted by Crippen LogP contribution is 2.36. The molecule has 9 heteroatoms. The lowest BCUT2D eigenvalue weighted by molar-refractivity contribution is -0.0853. The molecule has 158 valence electrons. The Morgan fingerprint density at radius 2 is 2.13 bits per heavy atom. The minimum atomic E-state index is -0.851. The van der Waals surface area contributed by atoms with E-state index < -0.39 is 24.5 Å². The molecule has 1 aliphatic heterocycles. The van der Waals surface area contributed by atoms with Gasteiger partial charge in [-0.15, -0.1) is 0 Å². The van der Waals surface area contributed by atoms with Gasteiger partial charge in [-0.25, -0.2) is 15.0 Å². The smallest absolute Gasteiger partial charge is 0.167 e. The summed E-state index contributed by atoms with van der Waals surface area (Å²) in [7, 11) is 1.55. The van der Waals surface area contributed by atoms with Crippen molar-refractivity contribution in [2.24, 2.45) is 0 Å². The minimum absolute atomic E-state index is 0.00686. The number of nitrogens with two attached hydrogens (primary N) is 1. The first-order valence-corrected chi connectivity index (χ1v) is 10.2. The molecule has 1 unspecified atom stereocenters. The van der Waals surface area contributed by atoms with Gasteiger partial charge in [-0.3, -0.25) is 4.57 Å². The molecule has 0 amide bonds. The van der Waals surface area contributed by atoms with Crippen molar-refractivity contribution in [1.82, 2.24) is 19.5 Å². The molecule has 0 spiro atoms. The third-order valence-electron chi connectivity index (χ3n) is 6.02. The van der Waals surface area contributed by atoms with Crippen molar-refractivity contribution in [2.75, 3.05) is 19.5 Å². The first-order chi connectivity index (χ1) is 14.7. The number of fused-ring (bicyclic) bond motifs is 2. The number of hydrogen-bond acceptors (Lipinski definition) is 8. The van der Waals surface area contributed by atoms with Gasteiger partial charge in [0.15, 0.2) is 17.7 Å². The van der Waals surface area contributed by atoms with Crippen LogP contribution in [0.25, 0.3) is 11.2 Å². The van der Waals surface area contributed by atoms with Crippen LogP contribution in [0.2, 0.25) is 0 Å². The molecule has 1 aliphatic carbocycles. The third kappa shape index (κ3) is 3.24. The first-order valence-electron chi connectivity index (χ1n) is 10.2. The van der Waals surface area contributed by atoms with Gasteiger partial charge < -0.3 is 25.1 Å². The van der Waals surface area contributed by atoms with Crippen LogP contribution in [-0.2, 0) is 20.6 Å². The van der Waals surface area contributed by atoms with Crippen molar-refractivity contribution in [3.63, 3.8) is 0 Å². The number of ether oxygens (including phenoxy) is 3. The molecule has 5 atom stereocenters. The number of methoxy groups -OCH3 is 1. The van der Waals surface area contributed by atoms with Gasteiger partial charge in [0.05, 0.1) is 19.0 Å². The maximum Gasteiger partial charge on any atom is 0.167 e. The standard InChI is InChI=1S/C21H25N5O4/c1-28-18-17(27)15(9-29-14-8-4-6-12-5-2-3-7-13(12)14)30-21(18)26-11-25-16-19(22)23-10-24-20(16)26/h2-3,5,7,10-11,14-15,17-18,21,27H,4,6,8-9H2,1H3,(H2,22,23,24)/t14?,15-,17-,18-,21-/m1/s1. The summed E-state index contributed by atoms with van der Waals surface area (Å²) in [5.74, 6) is 0.294. The molecule has 2 aromatic heterocycles. The number of aliphatic hydroxyl groups excluding tert-OH is 1. The highest BCUT2D eigenvalue weighted by Gasteiger charge is 2.46. The topological polar surface area (TPSA) is 118 Å². The van der Waals surface area contributed by atoms with E-state index in [1.165, 1.54) is 17.5 Å². The Morgan fingerprint density at radius 1 is 1.27 bits per heavy atom. The molecule has 30 heavy (non-hydrogen) atoms. The van der Waals surface area contributed by atoms with E-state index in [-0.39, 0.29) is 12.7 Å². The van der Waals surface area contributed by atoms with Crippen molar-refractivity contribution in [1.29, 1.82) is 0 Å². The lowest BCUT2D eigenvalue weighted by Gasteiger charge is -2.27. The van der Waals surface area contributed by atoms with Crippen LogP contribution in [0.3, 0.4) is 0 Å². The molecule has 2 aliphatic rings. The monoisotopic (exact) mass is 411 g/mol. The first kappa shape index (κ1) is 19.4. The second kappa shape index (κ2) is 7.92. The average Bonchev–Trinajstić information content (AvgIpc) is 3.33. The predicted molar refractivity (Wildman–Crippen MR) is 109 cm³/mol. The lowest BCUT2D eigenvalue weighted by Crippen LogP contribution is -2.35. The zero-order valence-corrected chi connectivity index (χ0v) is 16.7. The fraction of sp³-hybridized carbons (Fsp3) is 0.476. The van der Waals surface area contributed by atoms with Crippen molar-refractivity contribution in [3.05, 3.63) is 48.0 Å². The fourth-order valence-electron chi connectivity index (χ4n) is 4.48. The van der Waals surface area contributed by atoms with E-state index >= 15 is 0 Å². The van der Waals surface area contributed by atoms with Crippen molar-refractivity contribution >= 4 is 17.0 Å². The van der Waals surface area contributed by atoms with E-state index in [0.29, 0.717) is 17.0 Å². The molecule has 9 nitrogen and oxygen atoms in total. The molecular weight excluding hydrogens is 386 g/mol. The van der Waals surface area contributed by atoms with Crippen molar-refractivity contribution in [2.45, 2.75) is 49.9 Å². The largest absolute Gasteiger partial charge is 0.387 e. The number of benzene rings is 1. The quantitative estimate of drug-likeness (QED) is 0.652. The number of rotatable bonds is 5. The van der Waals surface area contributed by atoms with Crippen LogP contribution in [0.15, 0.2) is 36.9 Å². The van der Waals surface area contributed by atoms with Crippen LogP contribution >= 0.6 is 0 Å². The summed E-state index contributed by atoms with van der Waals surface area (Å²) in [4.78, 5) is 12.5. The summed E-state index contributed by atoms with van der Waals surface area (Å²) in [6, 6.07) is 8.37. The molecule has 1 saturated heterocycles. The second-order valence-electron chi connectivity index (χ2n) is 7.75. The van der Waals surface area contributed by atoms with Crippen LogP contribution in [0.4, 0.5) is 5.82 Å². The molecule has 0 radical (unpaired) electrons. The van der Waals surface area contributed by atoms with Gasteiger partial charge in [-0.1, -0.05) is 24.3 Å². The molecule has 5 rings (SSSR count). The van der Waals surface area contributed by atoms with Gasteiger partial charge in [0.2, 0.25) is 0 Å². The summed E-state index contributed by atoms with van der Waals surface area (Å²) in [6.07, 6.45) is 3.51. The Morgan fingerprint density at radius 3 is 3.00 bits per heavy atom. The number of aliphatic hydroxyl groups is 1. The second-order valence-corrected chi connectivity index (χ2v) is 7.75. The number of nitrogens with zero attached hydrogens (tertiary/aromatic N) is 4. The number of anilines is 1. The van der Waals surface area contributed by atoms with Crippen LogP contribution in [0.1, 0.15) is 36.3 Å². The van der Waals surface area contributed by atoms with E-state index in [1.807, 2.05) is 6.07 Å². The van der Waals surface area contributed by atoms with Crippen LogP contribution in [0, 0.1) is 0 Å². The molecule has 0 bridgehead atoms. The highest BCUT2D eigenvalue weighted by molar-refractivity contribution is 5.81. The molecule has 1 aromatic carbocycles. The molecule has 0 saturated carbocycles.